The summed E-state index contributed by atoms with van der Waals surface area (Å²) in [5.41, 5.74) is 0.601. The predicted molar refractivity (Wildman–Crippen MR) is 107 cm³/mol. The van der Waals surface area contributed by atoms with Crippen LogP contribution < -0.4 is 0 Å². The second-order valence-electron chi connectivity index (χ2n) is 6.39. The summed E-state index contributed by atoms with van der Waals surface area (Å²) in [4.78, 5) is 36.6. The number of ether oxygens (including phenoxy) is 1. The van der Waals surface area contributed by atoms with Crippen molar-refractivity contribution >= 4 is 33.7 Å². The number of nitrogens with zero attached hydrogens (tertiary/aromatic N) is 2. The van der Waals surface area contributed by atoms with Crippen LogP contribution in [0.3, 0.4) is 0 Å². The number of carbonyl (C=O) groups excluding carboxylic acids is 2. The number of hydrogen-bond donors (Lipinski definition) is 0. The van der Waals surface area contributed by atoms with Crippen LogP contribution >= 0.6 is 0 Å². The lowest BCUT2D eigenvalue weighted by atomic mass is 10.1. The molecule has 2 heterocycles. The summed E-state index contributed by atoms with van der Waals surface area (Å²) in [6.45, 7) is 1.89. The molecule has 0 unspecified atom stereocenters. The van der Waals surface area contributed by atoms with Crippen LogP contribution in [0, 0.1) is 10.1 Å². The standard InChI is InChI=1S/C22H16N2O5/c1-2-29-22(26)17-13-19(21(25)16-9-5-6-10-18(16)24(27)28)23-12-11-14-7-3-4-8-15(14)20(17)23/h3-13H,2H2,1H3. The summed E-state index contributed by atoms with van der Waals surface area (Å²) in [5.74, 6) is -1.10. The summed E-state index contributed by atoms with van der Waals surface area (Å²) in [5, 5.41) is 13.0. The molecule has 0 saturated heterocycles. The smallest absolute Gasteiger partial charge is 0.340 e. The van der Waals surface area contributed by atoms with Crippen LogP contribution in [-0.4, -0.2) is 27.7 Å². The molecule has 0 bridgehead atoms. The molecule has 0 saturated carbocycles. The first-order valence-electron chi connectivity index (χ1n) is 9.01. The van der Waals surface area contributed by atoms with Crippen LogP contribution in [0.5, 0.6) is 0 Å². The molecule has 0 atom stereocenters. The lowest BCUT2D eigenvalue weighted by molar-refractivity contribution is -0.385. The summed E-state index contributed by atoms with van der Waals surface area (Å²) in [7, 11) is 0. The third-order valence-electron chi connectivity index (χ3n) is 4.73. The Morgan fingerprint density at radius 3 is 2.52 bits per heavy atom. The van der Waals surface area contributed by atoms with E-state index < -0.39 is 16.7 Å². The van der Waals surface area contributed by atoms with Gasteiger partial charge in [-0.25, -0.2) is 4.79 Å². The van der Waals surface area contributed by atoms with Crippen molar-refractivity contribution in [3.63, 3.8) is 0 Å². The number of carbonyl (C=O) groups is 2. The third kappa shape index (κ3) is 3.02. The van der Waals surface area contributed by atoms with E-state index in [1.165, 1.54) is 24.3 Å². The van der Waals surface area contributed by atoms with E-state index in [1.54, 1.807) is 23.6 Å². The Hall–Kier alpha value is -4.00. The van der Waals surface area contributed by atoms with Crippen LogP contribution in [0.4, 0.5) is 5.69 Å². The quantitative estimate of drug-likeness (QED) is 0.219. The number of benzene rings is 2. The van der Waals surface area contributed by atoms with Gasteiger partial charge in [0.15, 0.2) is 0 Å². The molecule has 0 aliphatic heterocycles. The molecule has 0 N–H and O–H groups in total. The molecule has 29 heavy (non-hydrogen) atoms. The Morgan fingerprint density at radius 1 is 1.03 bits per heavy atom. The number of nitro groups is 1. The molecule has 0 fully saturated rings. The first-order valence-corrected chi connectivity index (χ1v) is 9.01. The van der Waals surface area contributed by atoms with Gasteiger partial charge in [0.1, 0.15) is 5.56 Å². The van der Waals surface area contributed by atoms with Crippen molar-refractivity contribution in [3.8, 4) is 0 Å². The Morgan fingerprint density at radius 2 is 1.76 bits per heavy atom. The minimum Gasteiger partial charge on any atom is -0.462 e. The number of hydrogen-bond acceptors (Lipinski definition) is 5. The molecule has 0 aliphatic carbocycles. The lowest BCUT2D eigenvalue weighted by Crippen LogP contribution is -2.08. The zero-order chi connectivity index (χ0) is 20.5. The van der Waals surface area contributed by atoms with Gasteiger partial charge in [0.05, 0.1) is 28.3 Å². The minimum atomic E-state index is -0.593. The molecule has 2 aromatic heterocycles. The van der Waals surface area contributed by atoms with Gasteiger partial charge in [0.25, 0.3) is 5.69 Å². The van der Waals surface area contributed by atoms with Crippen LogP contribution in [-0.2, 0) is 4.74 Å². The molecule has 7 heteroatoms. The van der Waals surface area contributed by atoms with E-state index in [4.69, 9.17) is 4.74 Å². The molecular weight excluding hydrogens is 372 g/mol. The number of pyridine rings is 1. The Labute approximate surface area is 165 Å². The number of nitro benzene ring substituents is 1. The highest BCUT2D eigenvalue weighted by Crippen LogP contribution is 2.29. The molecule has 144 valence electrons. The second-order valence-corrected chi connectivity index (χ2v) is 6.39. The van der Waals surface area contributed by atoms with Gasteiger partial charge < -0.3 is 9.14 Å². The van der Waals surface area contributed by atoms with E-state index in [0.29, 0.717) is 5.52 Å². The Balaban J connectivity index is 2.01. The molecule has 0 amide bonds. The summed E-state index contributed by atoms with van der Waals surface area (Å²) in [6, 6.07) is 16.5. The van der Waals surface area contributed by atoms with Crippen molar-refractivity contribution in [3.05, 3.63) is 93.8 Å². The second kappa shape index (κ2) is 7.20. The summed E-state index contributed by atoms with van der Waals surface area (Å²) in [6.07, 6.45) is 1.68. The van der Waals surface area contributed by atoms with Gasteiger partial charge in [-0.1, -0.05) is 36.4 Å². The van der Waals surface area contributed by atoms with Crippen molar-refractivity contribution in [2.24, 2.45) is 0 Å². The van der Waals surface area contributed by atoms with E-state index in [0.717, 1.165) is 10.8 Å². The molecule has 7 nitrogen and oxygen atoms in total. The van der Waals surface area contributed by atoms with Gasteiger partial charge in [-0.3, -0.25) is 14.9 Å². The van der Waals surface area contributed by atoms with E-state index in [-0.39, 0.29) is 29.1 Å². The fourth-order valence-electron chi connectivity index (χ4n) is 3.47. The monoisotopic (exact) mass is 388 g/mol. The van der Waals surface area contributed by atoms with Gasteiger partial charge >= 0.3 is 5.97 Å². The first kappa shape index (κ1) is 18.4. The van der Waals surface area contributed by atoms with E-state index in [2.05, 4.69) is 0 Å². The van der Waals surface area contributed by atoms with Gasteiger partial charge in [0, 0.05) is 17.6 Å². The largest absolute Gasteiger partial charge is 0.462 e. The van der Waals surface area contributed by atoms with E-state index in [1.807, 2.05) is 30.3 Å². The van der Waals surface area contributed by atoms with Gasteiger partial charge in [-0.15, -0.1) is 0 Å². The van der Waals surface area contributed by atoms with E-state index in [9.17, 15) is 19.7 Å². The lowest BCUT2D eigenvalue weighted by Gasteiger charge is -2.07. The van der Waals surface area contributed by atoms with Gasteiger partial charge in [-0.2, -0.15) is 0 Å². The maximum absolute atomic E-state index is 13.2. The van der Waals surface area contributed by atoms with Crippen molar-refractivity contribution in [1.82, 2.24) is 4.40 Å². The van der Waals surface area contributed by atoms with Crippen molar-refractivity contribution in [1.29, 1.82) is 0 Å². The summed E-state index contributed by atoms with van der Waals surface area (Å²) >= 11 is 0. The van der Waals surface area contributed by atoms with Crippen molar-refractivity contribution in [2.45, 2.75) is 6.92 Å². The molecule has 0 spiro atoms. The average Bonchev–Trinajstić information content (AvgIpc) is 3.13. The van der Waals surface area contributed by atoms with Crippen molar-refractivity contribution in [2.75, 3.05) is 6.61 Å². The Kier molecular flexibility index (Phi) is 4.56. The topological polar surface area (TPSA) is 90.9 Å². The zero-order valence-electron chi connectivity index (χ0n) is 15.5. The number of aromatic nitrogens is 1. The van der Waals surface area contributed by atoms with Crippen LogP contribution in [0.2, 0.25) is 0 Å². The fraction of sp³-hybridized carbons (Fsp3) is 0.0909. The van der Waals surface area contributed by atoms with Crippen LogP contribution in [0.25, 0.3) is 16.3 Å². The minimum absolute atomic E-state index is 0.0412. The number of para-hydroxylation sites is 1. The average molecular weight is 388 g/mol. The fourth-order valence-corrected chi connectivity index (χ4v) is 3.47. The van der Waals surface area contributed by atoms with Crippen LogP contribution in [0.15, 0.2) is 66.9 Å². The van der Waals surface area contributed by atoms with Crippen molar-refractivity contribution < 1.29 is 19.2 Å². The maximum atomic E-state index is 13.2. The molecule has 4 aromatic rings. The first-order chi connectivity index (χ1) is 14.0. The zero-order valence-corrected chi connectivity index (χ0v) is 15.5. The maximum Gasteiger partial charge on any atom is 0.340 e. The third-order valence-corrected chi connectivity index (χ3v) is 4.73. The number of ketones is 1. The predicted octanol–water partition coefficient (Wildman–Crippen LogP) is 4.41. The summed E-state index contributed by atoms with van der Waals surface area (Å²) < 4.78 is 6.76. The van der Waals surface area contributed by atoms with Crippen LogP contribution in [0.1, 0.15) is 33.3 Å². The molecule has 0 aliphatic rings. The number of esters is 1. The Bertz CT molecular complexity index is 1290. The van der Waals surface area contributed by atoms with E-state index >= 15 is 0 Å². The number of fused-ring (bicyclic) bond motifs is 3. The molecule has 2 aromatic carbocycles. The molecule has 0 radical (unpaired) electrons. The number of rotatable bonds is 5. The highest BCUT2D eigenvalue weighted by molar-refractivity contribution is 6.16. The SMILES string of the molecule is CCOC(=O)c1cc(C(=O)c2ccccc2[N+](=O)[O-])n2ccc3ccccc3c12. The normalized spacial score (nSPS) is 10.9. The van der Waals surface area contributed by atoms with Gasteiger partial charge in [-0.05, 0) is 30.5 Å². The van der Waals surface area contributed by atoms with Gasteiger partial charge in [0.2, 0.25) is 5.78 Å². The highest BCUT2D eigenvalue weighted by Gasteiger charge is 2.26. The molecular formula is C22H16N2O5. The highest BCUT2D eigenvalue weighted by atomic mass is 16.6. The molecule has 4 rings (SSSR count).